The predicted molar refractivity (Wildman–Crippen MR) is 111 cm³/mol. The van der Waals surface area contributed by atoms with Gasteiger partial charge < -0.3 is 14.6 Å². The molecule has 2 heterocycles. The van der Waals surface area contributed by atoms with E-state index in [2.05, 4.69) is 20.4 Å². The Kier molecular flexibility index (Phi) is 3.95. The van der Waals surface area contributed by atoms with Gasteiger partial charge in [0.05, 0.1) is 11.7 Å². The Morgan fingerprint density at radius 3 is 2.59 bits per heavy atom. The summed E-state index contributed by atoms with van der Waals surface area (Å²) in [4.78, 5) is 13.2. The third kappa shape index (κ3) is 2.48. The van der Waals surface area contributed by atoms with Crippen LogP contribution in [0.5, 0.6) is 0 Å². The third-order valence-electron chi connectivity index (χ3n) is 8.76. The van der Waals surface area contributed by atoms with E-state index < -0.39 is 17.3 Å². The first-order chi connectivity index (χ1) is 13.6. The lowest BCUT2D eigenvalue weighted by molar-refractivity contribution is -0.130. The maximum absolute atomic E-state index is 13.2. The van der Waals surface area contributed by atoms with Gasteiger partial charge in [0, 0.05) is 23.5 Å². The normalized spacial score (nSPS) is 44.8. The molecule has 0 aromatic heterocycles. The molecule has 4 heteroatoms. The topological polar surface area (TPSA) is 55.8 Å². The molecule has 2 aliphatic heterocycles. The average molecular weight is 399 g/mol. The lowest BCUT2D eigenvalue weighted by Crippen LogP contribution is -2.47. The van der Waals surface area contributed by atoms with E-state index in [9.17, 15) is 9.90 Å². The molecule has 1 N–H and O–H groups in total. The molecule has 0 radical (unpaired) electrons. The Labute approximate surface area is 174 Å². The molecule has 2 spiro atoms. The number of hydrogen-bond donors (Lipinski definition) is 1. The van der Waals surface area contributed by atoms with Crippen molar-refractivity contribution in [3.8, 4) is 0 Å². The molecule has 0 aromatic rings. The van der Waals surface area contributed by atoms with Crippen LogP contribution < -0.4 is 0 Å². The van der Waals surface area contributed by atoms with Crippen LogP contribution in [-0.4, -0.2) is 33.8 Å². The van der Waals surface area contributed by atoms with Crippen LogP contribution in [0.4, 0.5) is 0 Å². The van der Waals surface area contributed by atoms with E-state index in [1.165, 1.54) is 12.8 Å². The molecule has 5 atom stereocenters. The number of aliphatic hydroxyl groups excluding tert-OH is 1. The number of Topliss-reactive ketones (excluding diaryl/α,β-unsaturated/α-hetero) is 1. The highest BCUT2D eigenvalue weighted by Crippen LogP contribution is 2.74. The van der Waals surface area contributed by atoms with E-state index in [0.717, 1.165) is 30.4 Å². The largest absolute Gasteiger partial charge is 0.487 e. The number of allylic oxidation sites excluding steroid dienone is 3. The summed E-state index contributed by atoms with van der Waals surface area (Å²) < 4.78 is 13.4. The van der Waals surface area contributed by atoms with E-state index in [1.54, 1.807) is 6.08 Å². The first-order valence-electron chi connectivity index (χ1n) is 11.3. The minimum Gasteiger partial charge on any atom is -0.487 e. The zero-order valence-corrected chi connectivity index (χ0v) is 18.2. The van der Waals surface area contributed by atoms with Gasteiger partial charge in [-0.3, -0.25) is 4.79 Å². The summed E-state index contributed by atoms with van der Waals surface area (Å²) in [7, 11) is 0. The molecule has 0 bridgehead atoms. The first-order valence-corrected chi connectivity index (χ1v) is 11.3. The van der Waals surface area contributed by atoms with Gasteiger partial charge in [0.2, 0.25) is 0 Å². The Morgan fingerprint density at radius 2 is 2.03 bits per heavy atom. The minimum absolute atomic E-state index is 0.0760. The second kappa shape index (κ2) is 5.85. The van der Waals surface area contributed by atoms with Crippen molar-refractivity contribution < 1.29 is 19.4 Å². The Balaban J connectivity index is 1.56. The molecule has 0 aromatic carbocycles. The molecule has 1 saturated heterocycles. The second-order valence-electron chi connectivity index (χ2n) is 10.9. The number of hydrogen-bond acceptors (Lipinski definition) is 4. The molecule has 3 fully saturated rings. The van der Waals surface area contributed by atoms with Gasteiger partial charge in [-0.15, -0.1) is 6.58 Å². The van der Waals surface area contributed by atoms with E-state index in [-0.39, 0.29) is 11.4 Å². The number of rotatable bonds is 3. The number of carbonyl (C=O) groups is 1. The maximum Gasteiger partial charge on any atom is 0.188 e. The zero-order valence-electron chi connectivity index (χ0n) is 18.2. The maximum atomic E-state index is 13.2. The summed E-state index contributed by atoms with van der Waals surface area (Å²) >= 11 is 0. The van der Waals surface area contributed by atoms with Crippen LogP contribution in [0.1, 0.15) is 72.6 Å². The summed E-state index contributed by atoms with van der Waals surface area (Å²) in [6.07, 6.45) is 9.22. The molecule has 5 rings (SSSR count). The molecule has 29 heavy (non-hydrogen) atoms. The average Bonchev–Trinajstić information content (AvgIpc) is 3.28. The lowest BCUT2D eigenvalue weighted by atomic mass is 9.76. The van der Waals surface area contributed by atoms with Crippen molar-refractivity contribution in [2.24, 2.45) is 17.3 Å². The van der Waals surface area contributed by atoms with Crippen molar-refractivity contribution in [3.63, 3.8) is 0 Å². The quantitative estimate of drug-likeness (QED) is 0.704. The van der Waals surface area contributed by atoms with E-state index in [1.807, 2.05) is 19.9 Å². The van der Waals surface area contributed by atoms with Gasteiger partial charge in [-0.2, -0.15) is 0 Å². The lowest BCUT2D eigenvalue weighted by Gasteiger charge is -2.45. The van der Waals surface area contributed by atoms with Gasteiger partial charge in [0.15, 0.2) is 5.78 Å². The number of ketones is 1. The highest BCUT2D eigenvalue weighted by atomic mass is 16.6. The summed E-state index contributed by atoms with van der Waals surface area (Å²) in [5, 5.41) is 10.7. The molecular weight excluding hydrogens is 364 g/mol. The van der Waals surface area contributed by atoms with Crippen molar-refractivity contribution in [3.05, 3.63) is 35.6 Å². The van der Waals surface area contributed by atoms with Gasteiger partial charge in [-0.05, 0) is 69.8 Å². The van der Waals surface area contributed by atoms with Crippen LogP contribution in [0.15, 0.2) is 35.6 Å². The van der Waals surface area contributed by atoms with Crippen molar-refractivity contribution in [1.29, 1.82) is 0 Å². The minimum atomic E-state index is -0.837. The standard InChI is InChI=1S/C25H34O4/c1-6-7-16-12-25(14-19(26)22(4,5)29-25)21-17(20(16)27)8-9-24(28-21)11-10-23(15(2)3)13-18(23)24/h6,12,15,18-19,26H,1,7-11,13-14H2,2-5H3/t18-,19-,23+,24+,25+/m1/s1. The highest BCUT2D eigenvalue weighted by molar-refractivity contribution is 6.10. The van der Waals surface area contributed by atoms with Crippen LogP contribution >= 0.6 is 0 Å². The Bertz CT molecular complexity index is 849. The van der Waals surface area contributed by atoms with Crippen LogP contribution in [0.2, 0.25) is 0 Å². The number of aliphatic hydroxyl groups is 1. The number of carbonyl (C=O) groups excluding carboxylic acids is 1. The third-order valence-corrected chi connectivity index (χ3v) is 8.76. The molecule has 4 nitrogen and oxygen atoms in total. The van der Waals surface area contributed by atoms with Crippen molar-refractivity contribution in [1.82, 2.24) is 0 Å². The van der Waals surface area contributed by atoms with Crippen molar-refractivity contribution >= 4 is 5.78 Å². The number of fused-ring (bicyclic) bond motifs is 3. The molecule has 0 unspecified atom stereocenters. The van der Waals surface area contributed by atoms with Gasteiger partial charge in [-0.1, -0.05) is 19.9 Å². The fourth-order valence-corrected chi connectivity index (χ4v) is 6.85. The molecular formula is C25H34O4. The molecule has 3 aliphatic carbocycles. The summed E-state index contributed by atoms with van der Waals surface area (Å²) in [5.41, 5.74) is 0.222. The number of ether oxygens (including phenoxy) is 2. The molecule has 2 saturated carbocycles. The monoisotopic (exact) mass is 398 g/mol. The summed E-state index contributed by atoms with van der Waals surface area (Å²) in [6, 6.07) is 0. The Morgan fingerprint density at radius 1 is 1.28 bits per heavy atom. The van der Waals surface area contributed by atoms with Crippen LogP contribution in [0, 0.1) is 17.3 Å². The summed E-state index contributed by atoms with van der Waals surface area (Å²) in [6.45, 7) is 12.3. The molecule has 158 valence electrons. The van der Waals surface area contributed by atoms with Gasteiger partial charge >= 0.3 is 0 Å². The van der Waals surface area contributed by atoms with Gasteiger partial charge in [0.25, 0.3) is 0 Å². The SMILES string of the molecule is C=CCC1=C[C@]2(C[C@@H](O)C(C)(C)O2)C2=C(CC[C@@]3(CC[C@@]4(C(C)C)C[C@@H]34)O2)C1=O. The van der Waals surface area contributed by atoms with Gasteiger partial charge in [-0.25, -0.2) is 0 Å². The predicted octanol–water partition coefficient (Wildman–Crippen LogP) is 4.63. The summed E-state index contributed by atoms with van der Waals surface area (Å²) in [5.74, 6) is 2.02. The van der Waals surface area contributed by atoms with Crippen LogP contribution in [-0.2, 0) is 14.3 Å². The van der Waals surface area contributed by atoms with Crippen molar-refractivity contribution in [2.75, 3.05) is 0 Å². The fraction of sp³-hybridized carbons (Fsp3) is 0.720. The van der Waals surface area contributed by atoms with E-state index in [4.69, 9.17) is 9.47 Å². The van der Waals surface area contributed by atoms with E-state index >= 15 is 0 Å². The zero-order chi connectivity index (χ0) is 20.8. The van der Waals surface area contributed by atoms with Crippen LogP contribution in [0.25, 0.3) is 0 Å². The fourth-order valence-electron chi connectivity index (χ4n) is 6.85. The smallest absolute Gasteiger partial charge is 0.188 e. The van der Waals surface area contributed by atoms with Crippen LogP contribution in [0.3, 0.4) is 0 Å². The first kappa shape index (κ1) is 19.6. The van der Waals surface area contributed by atoms with Crippen molar-refractivity contribution in [2.45, 2.75) is 95.5 Å². The Hall–Kier alpha value is -1.39. The second-order valence-corrected chi connectivity index (χ2v) is 10.9. The molecule has 0 amide bonds. The van der Waals surface area contributed by atoms with E-state index in [0.29, 0.717) is 35.9 Å². The van der Waals surface area contributed by atoms with Gasteiger partial charge in [0.1, 0.15) is 17.0 Å². The molecule has 5 aliphatic rings. The highest BCUT2D eigenvalue weighted by Gasteiger charge is 2.72.